The molecule has 0 N–H and O–H groups in total. The number of ketones is 1. The molecule has 0 fully saturated rings. The largest absolute Gasteiger partial charge is 0.305 e. The Balaban J connectivity index is 2.24. The second-order valence-electron chi connectivity index (χ2n) is 6.21. The third-order valence-corrected chi connectivity index (χ3v) is 3.38. The van der Waals surface area contributed by atoms with Gasteiger partial charge in [0.2, 0.25) is 0 Å². The summed E-state index contributed by atoms with van der Waals surface area (Å²) in [5, 5.41) is 0. The van der Waals surface area contributed by atoms with Crippen LogP contribution in [0.2, 0.25) is 0 Å². The molecule has 0 aliphatic heterocycles. The van der Waals surface area contributed by atoms with Crippen LogP contribution in [-0.2, 0) is 13.1 Å². The van der Waals surface area contributed by atoms with Crippen LogP contribution in [0.4, 0.5) is 0 Å². The number of carbonyl (C=O) groups excluding carboxylic acids is 1. The third kappa shape index (κ3) is 4.52. The van der Waals surface area contributed by atoms with Crippen molar-refractivity contribution in [2.24, 2.45) is 0 Å². The lowest BCUT2D eigenvalue weighted by Gasteiger charge is -2.12. The molecule has 0 radical (unpaired) electrons. The Morgan fingerprint density at radius 3 is 1.55 bits per heavy atom. The van der Waals surface area contributed by atoms with Crippen molar-refractivity contribution in [1.29, 1.82) is 0 Å². The van der Waals surface area contributed by atoms with E-state index in [4.69, 9.17) is 0 Å². The quantitative estimate of drug-likeness (QED) is 0.766. The summed E-state index contributed by atoms with van der Waals surface area (Å²) >= 11 is 0. The Hall–Kier alpha value is -1.97. The van der Waals surface area contributed by atoms with E-state index in [1.54, 1.807) is 0 Å². The van der Waals surface area contributed by atoms with Crippen LogP contribution in [0.15, 0.2) is 48.5 Å². The molecule has 0 spiro atoms. The predicted octanol–water partition coefficient (Wildman–Crippen LogP) is 3.04. The molecule has 0 bridgehead atoms. The van der Waals surface area contributed by atoms with Crippen molar-refractivity contribution in [1.82, 2.24) is 9.80 Å². The molecule has 0 aliphatic carbocycles. The molecule has 0 saturated heterocycles. The molecule has 22 heavy (non-hydrogen) atoms. The molecule has 0 amide bonds. The maximum Gasteiger partial charge on any atom is 0.193 e. The van der Waals surface area contributed by atoms with Crippen LogP contribution in [0.1, 0.15) is 27.0 Å². The second-order valence-corrected chi connectivity index (χ2v) is 6.21. The molecule has 0 unspecified atom stereocenters. The van der Waals surface area contributed by atoms with Gasteiger partial charge in [0.25, 0.3) is 0 Å². The normalized spacial score (nSPS) is 11.2. The van der Waals surface area contributed by atoms with Gasteiger partial charge in [-0.3, -0.25) is 4.79 Å². The van der Waals surface area contributed by atoms with Crippen LogP contribution >= 0.6 is 0 Å². The lowest BCUT2D eigenvalue weighted by atomic mass is 9.99. The van der Waals surface area contributed by atoms with E-state index in [9.17, 15) is 4.79 Å². The highest BCUT2D eigenvalue weighted by molar-refractivity contribution is 6.09. The highest BCUT2D eigenvalue weighted by Gasteiger charge is 2.10. The Kier molecular flexibility index (Phi) is 5.47. The molecule has 0 heterocycles. The van der Waals surface area contributed by atoms with E-state index in [1.807, 2.05) is 64.6 Å². The van der Waals surface area contributed by atoms with Crippen molar-refractivity contribution in [3.05, 3.63) is 70.8 Å². The van der Waals surface area contributed by atoms with Crippen LogP contribution in [0.5, 0.6) is 0 Å². The molecule has 3 nitrogen and oxygen atoms in total. The number of carbonyl (C=O) groups is 1. The summed E-state index contributed by atoms with van der Waals surface area (Å²) in [5.41, 5.74) is 3.81. The first-order valence-corrected chi connectivity index (χ1v) is 7.48. The zero-order chi connectivity index (χ0) is 16.1. The minimum Gasteiger partial charge on any atom is -0.305 e. The van der Waals surface area contributed by atoms with Crippen molar-refractivity contribution >= 4 is 5.78 Å². The topological polar surface area (TPSA) is 23.6 Å². The zero-order valence-corrected chi connectivity index (χ0v) is 13.8. The first-order chi connectivity index (χ1) is 10.5. The average Bonchev–Trinajstić information content (AvgIpc) is 2.45. The maximum atomic E-state index is 12.7. The van der Waals surface area contributed by atoms with Gasteiger partial charge in [-0.25, -0.2) is 0 Å². The molecular weight excluding hydrogens is 272 g/mol. The summed E-state index contributed by atoms with van der Waals surface area (Å²) in [7, 11) is 8.11. The van der Waals surface area contributed by atoms with Crippen molar-refractivity contribution in [2.45, 2.75) is 13.1 Å². The summed E-state index contributed by atoms with van der Waals surface area (Å²) < 4.78 is 0. The standard InChI is InChI=1S/C19H24N2O/c1-20(2)13-15-7-5-9-17(11-15)19(22)18-10-6-8-16(12-18)14-21(3)4/h5-12H,13-14H2,1-4H3. The van der Waals surface area contributed by atoms with Crippen LogP contribution in [0.25, 0.3) is 0 Å². The van der Waals surface area contributed by atoms with Gasteiger partial charge in [-0.15, -0.1) is 0 Å². The van der Waals surface area contributed by atoms with Crippen LogP contribution < -0.4 is 0 Å². The smallest absolute Gasteiger partial charge is 0.193 e. The van der Waals surface area contributed by atoms with Crippen LogP contribution in [-0.4, -0.2) is 43.8 Å². The van der Waals surface area contributed by atoms with Gasteiger partial charge in [-0.1, -0.05) is 36.4 Å². The molecule has 0 saturated carbocycles. The molecule has 2 aromatic rings. The minimum absolute atomic E-state index is 0.0845. The van der Waals surface area contributed by atoms with Gasteiger partial charge in [-0.05, 0) is 51.5 Å². The van der Waals surface area contributed by atoms with Crippen molar-refractivity contribution in [3.8, 4) is 0 Å². The Labute approximate surface area is 133 Å². The summed E-state index contributed by atoms with van der Waals surface area (Å²) in [6.45, 7) is 1.67. The molecule has 116 valence electrons. The minimum atomic E-state index is 0.0845. The van der Waals surface area contributed by atoms with Gasteiger partial charge >= 0.3 is 0 Å². The van der Waals surface area contributed by atoms with E-state index in [1.165, 1.54) is 0 Å². The number of rotatable bonds is 6. The second kappa shape index (κ2) is 7.34. The molecule has 2 aromatic carbocycles. The number of hydrogen-bond acceptors (Lipinski definition) is 3. The first-order valence-electron chi connectivity index (χ1n) is 7.48. The van der Waals surface area contributed by atoms with E-state index in [0.29, 0.717) is 0 Å². The lowest BCUT2D eigenvalue weighted by Crippen LogP contribution is -2.12. The van der Waals surface area contributed by atoms with Crippen molar-refractivity contribution in [3.63, 3.8) is 0 Å². The van der Waals surface area contributed by atoms with Crippen molar-refractivity contribution < 1.29 is 4.79 Å². The molecular formula is C19H24N2O. The molecule has 2 rings (SSSR count). The van der Waals surface area contributed by atoms with E-state index in [2.05, 4.69) is 21.9 Å². The van der Waals surface area contributed by atoms with Gasteiger partial charge in [0, 0.05) is 24.2 Å². The fourth-order valence-electron chi connectivity index (χ4n) is 2.52. The number of nitrogens with zero attached hydrogens (tertiary/aromatic N) is 2. The Morgan fingerprint density at radius 2 is 1.18 bits per heavy atom. The predicted molar refractivity (Wildman–Crippen MR) is 91.1 cm³/mol. The summed E-state index contributed by atoms with van der Waals surface area (Å²) in [5.74, 6) is 0.0845. The first kappa shape index (κ1) is 16.4. The fraction of sp³-hybridized carbons (Fsp3) is 0.316. The van der Waals surface area contributed by atoms with E-state index < -0.39 is 0 Å². The summed E-state index contributed by atoms with van der Waals surface area (Å²) in [6.07, 6.45) is 0. The highest BCUT2D eigenvalue weighted by atomic mass is 16.1. The zero-order valence-electron chi connectivity index (χ0n) is 13.8. The monoisotopic (exact) mass is 296 g/mol. The van der Waals surface area contributed by atoms with Gasteiger partial charge in [0.1, 0.15) is 0 Å². The Morgan fingerprint density at radius 1 is 0.773 bits per heavy atom. The summed E-state index contributed by atoms with van der Waals surface area (Å²) in [4.78, 5) is 16.9. The third-order valence-electron chi connectivity index (χ3n) is 3.38. The summed E-state index contributed by atoms with van der Waals surface area (Å²) in [6, 6.07) is 15.8. The highest BCUT2D eigenvalue weighted by Crippen LogP contribution is 2.15. The van der Waals surface area contributed by atoms with E-state index in [0.717, 1.165) is 35.3 Å². The van der Waals surface area contributed by atoms with Gasteiger partial charge in [-0.2, -0.15) is 0 Å². The fourth-order valence-corrected chi connectivity index (χ4v) is 2.52. The molecule has 0 aliphatic rings. The molecule has 0 atom stereocenters. The van der Waals surface area contributed by atoms with Crippen molar-refractivity contribution in [2.75, 3.05) is 28.2 Å². The average molecular weight is 296 g/mol. The van der Waals surface area contributed by atoms with E-state index >= 15 is 0 Å². The maximum absolute atomic E-state index is 12.7. The number of hydrogen-bond donors (Lipinski definition) is 0. The van der Waals surface area contributed by atoms with E-state index in [-0.39, 0.29) is 5.78 Å². The number of benzene rings is 2. The SMILES string of the molecule is CN(C)Cc1cccc(C(=O)c2cccc(CN(C)C)c2)c1. The lowest BCUT2D eigenvalue weighted by molar-refractivity contribution is 0.103. The molecule has 0 aromatic heterocycles. The van der Waals surface area contributed by atoms with Gasteiger partial charge in [0.15, 0.2) is 5.78 Å². The molecule has 3 heteroatoms. The van der Waals surface area contributed by atoms with Crippen LogP contribution in [0, 0.1) is 0 Å². The van der Waals surface area contributed by atoms with Gasteiger partial charge in [0.05, 0.1) is 0 Å². The van der Waals surface area contributed by atoms with Gasteiger partial charge < -0.3 is 9.80 Å². The van der Waals surface area contributed by atoms with Crippen LogP contribution in [0.3, 0.4) is 0 Å². The Bertz CT molecular complexity index is 592.